The number of aryl methyl sites for hydroxylation is 1. The molecule has 2 nitrogen and oxygen atoms in total. The highest BCUT2D eigenvalue weighted by Gasteiger charge is 2.09. The molecule has 0 aliphatic rings. The number of hydrogen-bond acceptors (Lipinski definition) is 2. The molecule has 0 amide bonds. The van der Waals surface area contributed by atoms with Gasteiger partial charge >= 0.3 is 0 Å². The van der Waals surface area contributed by atoms with Gasteiger partial charge in [-0.2, -0.15) is 0 Å². The van der Waals surface area contributed by atoms with Gasteiger partial charge in [0.2, 0.25) is 0 Å². The van der Waals surface area contributed by atoms with Crippen LogP contribution < -0.4 is 10.1 Å². The first kappa shape index (κ1) is 17.5. The van der Waals surface area contributed by atoms with Gasteiger partial charge in [-0.1, -0.05) is 48.5 Å². The SMILES string of the molecule is COc1c(C)cccc1CC(C)NCc1ccccc1.Cl. The van der Waals surface area contributed by atoms with E-state index in [1.807, 2.05) is 6.07 Å². The van der Waals surface area contributed by atoms with Crippen LogP contribution in [-0.4, -0.2) is 13.2 Å². The second-order valence-electron chi connectivity index (χ2n) is 5.24. The van der Waals surface area contributed by atoms with Crippen molar-refractivity contribution in [3.05, 3.63) is 65.2 Å². The molecule has 0 fully saturated rings. The first-order valence-electron chi connectivity index (χ1n) is 7.10. The Bertz CT molecular complexity index is 542. The molecule has 2 rings (SSSR count). The number of nitrogens with one attached hydrogen (secondary N) is 1. The van der Waals surface area contributed by atoms with Crippen LogP contribution in [0.1, 0.15) is 23.6 Å². The molecule has 0 heterocycles. The summed E-state index contributed by atoms with van der Waals surface area (Å²) in [5, 5.41) is 3.56. The average molecular weight is 306 g/mol. The van der Waals surface area contributed by atoms with Crippen molar-refractivity contribution in [2.45, 2.75) is 32.9 Å². The van der Waals surface area contributed by atoms with Gasteiger partial charge in [-0.25, -0.2) is 0 Å². The summed E-state index contributed by atoms with van der Waals surface area (Å²) in [5.74, 6) is 1.01. The van der Waals surface area contributed by atoms with E-state index in [0.29, 0.717) is 6.04 Å². The predicted molar refractivity (Wildman–Crippen MR) is 91.4 cm³/mol. The molecule has 0 spiro atoms. The van der Waals surface area contributed by atoms with Gasteiger partial charge in [-0.3, -0.25) is 0 Å². The third kappa shape index (κ3) is 5.07. The standard InChI is InChI=1S/C18H23NO.ClH/c1-14-8-7-11-17(18(14)20-3)12-15(2)19-13-16-9-5-4-6-10-16;/h4-11,15,19H,12-13H2,1-3H3;1H. The van der Waals surface area contributed by atoms with Gasteiger partial charge in [0.25, 0.3) is 0 Å². The quantitative estimate of drug-likeness (QED) is 0.866. The van der Waals surface area contributed by atoms with Crippen molar-refractivity contribution in [2.75, 3.05) is 7.11 Å². The highest BCUT2D eigenvalue weighted by atomic mass is 35.5. The molecule has 0 saturated carbocycles. The fraction of sp³-hybridized carbons (Fsp3) is 0.333. The lowest BCUT2D eigenvalue weighted by Gasteiger charge is -2.17. The van der Waals surface area contributed by atoms with Crippen LogP contribution in [-0.2, 0) is 13.0 Å². The van der Waals surface area contributed by atoms with E-state index in [0.717, 1.165) is 18.7 Å². The first-order valence-corrected chi connectivity index (χ1v) is 7.10. The summed E-state index contributed by atoms with van der Waals surface area (Å²) in [6, 6.07) is 17.2. The average Bonchev–Trinajstić information content (AvgIpc) is 2.46. The Morgan fingerprint density at radius 2 is 1.76 bits per heavy atom. The highest BCUT2D eigenvalue weighted by Crippen LogP contribution is 2.24. The monoisotopic (exact) mass is 305 g/mol. The molecule has 1 unspecified atom stereocenters. The van der Waals surface area contributed by atoms with E-state index in [1.54, 1.807) is 7.11 Å². The van der Waals surface area contributed by atoms with Crippen molar-refractivity contribution in [1.82, 2.24) is 5.32 Å². The van der Waals surface area contributed by atoms with Gasteiger partial charge in [0.1, 0.15) is 5.75 Å². The van der Waals surface area contributed by atoms with Gasteiger partial charge in [-0.05, 0) is 37.0 Å². The van der Waals surface area contributed by atoms with E-state index >= 15 is 0 Å². The van der Waals surface area contributed by atoms with Crippen LogP contribution in [0.15, 0.2) is 48.5 Å². The van der Waals surface area contributed by atoms with E-state index < -0.39 is 0 Å². The molecule has 0 bridgehead atoms. The second-order valence-corrected chi connectivity index (χ2v) is 5.24. The van der Waals surface area contributed by atoms with E-state index in [-0.39, 0.29) is 12.4 Å². The van der Waals surface area contributed by atoms with Crippen LogP contribution >= 0.6 is 12.4 Å². The molecule has 1 N–H and O–H groups in total. The molecule has 3 heteroatoms. The maximum Gasteiger partial charge on any atom is 0.125 e. The second kappa shape index (κ2) is 8.71. The van der Waals surface area contributed by atoms with Crippen molar-refractivity contribution in [3.63, 3.8) is 0 Å². The molecule has 0 aliphatic heterocycles. The Balaban J connectivity index is 0.00000220. The molecule has 1 atom stereocenters. The number of para-hydroxylation sites is 1. The van der Waals surface area contributed by atoms with Crippen molar-refractivity contribution >= 4 is 12.4 Å². The van der Waals surface area contributed by atoms with E-state index in [2.05, 4.69) is 61.6 Å². The smallest absolute Gasteiger partial charge is 0.125 e. The fourth-order valence-corrected chi connectivity index (χ4v) is 2.46. The molecule has 21 heavy (non-hydrogen) atoms. The molecule has 114 valence electrons. The number of rotatable bonds is 6. The number of ether oxygens (including phenoxy) is 1. The molecule has 0 aromatic heterocycles. The zero-order valence-corrected chi connectivity index (χ0v) is 13.7. The number of halogens is 1. The molecule has 0 aliphatic carbocycles. The number of methoxy groups -OCH3 is 1. The third-order valence-corrected chi connectivity index (χ3v) is 3.52. The Hall–Kier alpha value is -1.51. The molecular weight excluding hydrogens is 282 g/mol. The zero-order valence-electron chi connectivity index (χ0n) is 12.9. The zero-order chi connectivity index (χ0) is 14.4. The normalized spacial score (nSPS) is 11.6. The first-order chi connectivity index (χ1) is 9.70. The maximum absolute atomic E-state index is 5.51. The topological polar surface area (TPSA) is 21.3 Å². The largest absolute Gasteiger partial charge is 0.496 e. The van der Waals surface area contributed by atoms with Crippen LogP contribution in [0.3, 0.4) is 0 Å². The van der Waals surface area contributed by atoms with Gasteiger partial charge in [0.15, 0.2) is 0 Å². The van der Waals surface area contributed by atoms with E-state index in [4.69, 9.17) is 4.74 Å². The van der Waals surface area contributed by atoms with Gasteiger partial charge < -0.3 is 10.1 Å². The van der Waals surface area contributed by atoms with Gasteiger partial charge in [0, 0.05) is 12.6 Å². The molecule has 2 aromatic rings. The van der Waals surface area contributed by atoms with Crippen LogP contribution in [0.5, 0.6) is 5.75 Å². The van der Waals surface area contributed by atoms with Crippen LogP contribution in [0.25, 0.3) is 0 Å². The number of hydrogen-bond donors (Lipinski definition) is 1. The minimum Gasteiger partial charge on any atom is -0.496 e. The summed E-state index contributed by atoms with van der Waals surface area (Å²) < 4.78 is 5.51. The molecule has 0 saturated heterocycles. The van der Waals surface area contributed by atoms with Crippen molar-refractivity contribution in [3.8, 4) is 5.75 Å². The Labute approximate surface area is 133 Å². The Morgan fingerprint density at radius 3 is 2.43 bits per heavy atom. The summed E-state index contributed by atoms with van der Waals surface area (Å²) in [6.07, 6.45) is 0.970. The lowest BCUT2D eigenvalue weighted by Crippen LogP contribution is -2.27. The summed E-state index contributed by atoms with van der Waals surface area (Å²) in [5.41, 5.74) is 3.77. The van der Waals surface area contributed by atoms with Crippen LogP contribution in [0.2, 0.25) is 0 Å². The highest BCUT2D eigenvalue weighted by molar-refractivity contribution is 5.85. The van der Waals surface area contributed by atoms with Gasteiger partial charge in [0.05, 0.1) is 7.11 Å². The molecular formula is C18H24ClNO. The van der Waals surface area contributed by atoms with Crippen molar-refractivity contribution < 1.29 is 4.74 Å². The summed E-state index contributed by atoms with van der Waals surface area (Å²) >= 11 is 0. The summed E-state index contributed by atoms with van der Waals surface area (Å²) in [4.78, 5) is 0. The predicted octanol–water partition coefficient (Wildman–Crippen LogP) is 4.15. The summed E-state index contributed by atoms with van der Waals surface area (Å²) in [7, 11) is 1.74. The Kier molecular flexibility index (Phi) is 7.27. The van der Waals surface area contributed by atoms with Crippen molar-refractivity contribution in [2.24, 2.45) is 0 Å². The molecule has 2 aromatic carbocycles. The van der Waals surface area contributed by atoms with Crippen molar-refractivity contribution in [1.29, 1.82) is 0 Å². The minimum absolute atomic E-state index is 0. The summed E-state index contributed by atoms with van der Waals surface area (Å²) in [6.45, 7) is 5.20. The maximum atomic E-state index is 5.51. The van der Waals surface area contributed by atoms with Crippen LogP contribution in [0, 0.1) is 6.92 Å². The Morgan fingerprint density at radius 1 is 1.05 bits per heavy atom. The fourth-order valence-electron chi connectivity index (χ4n) is 2.46. The lowest BCUT2D eigenvalue weighted by atomic mass is 10.0. The van der Waals surface area contributed by atoms with Crippen LogP contribution in [0.4, 0.5) is 0 Å². The number of benzene rings is 2. The van der Waals surface area contributed by atoms with E-state index in [1.165, 1.54) is 16.7 Å². The minimum atomic E-state index is 0. The molecule has 0 radical (unpaired) electrons. The van der Waals surface area contributed by atoms with E-state index in [9.17, 15) is 0 Å². The lowest BCUT2D eigenvalue weighted by molar-refractivity contribution is 0.403. The van der Waals surface area contributed by atoms with Gasteiger partial charge in [-0.15, -0.1) is 12.4 Å². The third-order valence-electron chi connectivity index (χ3n) is 3.52.